The third-order valence-electron chi connectivity index (χ3n) is 4.91. The second-order valence-corrected chi connectivity index (χ2v) is 7.19. The number of rotatable bonds is 7. The van der Waals surface area contributed by atoms with E-state index in [0.29, 0.717) is 24.5 Å². The highest BCUT2D eigenvalue weighted by atomic mass is 16.5. The molecule has 0 saturated carbocycles. The lowest BCUT2D eigenvalue weighted by Crippen LogP contribution is -2.04. The normalized spacial score (nSPS) is 11.0. The van der Waals surface area contributed by atoms with Gasteiger partial charge in [0.15, 0.2) is 0 Å². The van der Waals surface area contributed by atoms with Crippen LogP contribution in [0.4, 0.5) is 0 Å². The molecule has 6 nitrogen and oxygen atoms in total. The van der Waals surface area contributed by atoms with Gasteiger partial charge in [0.05, 0.1) is 18.4 Å². The number of fused-ring (bicyclic) bond motifs is 1. The Kier molecular flexibility index (Phi) is 5.50. The number of benzene rings is 2. The van der Waals surface area contributed by atoms with Gasteiger partial charge in [0.25, 0.3) is 0 Å². The fourth-order valence-corrected chi connectivity index (χ4v) is 3.47. The van der Waals surface area contributed by atoms with E-state index < -0.39 is 5.97 Å². The van der Waals surface area contributed by atoms with E-state index in [1.165, 1.54) is 0 Å². The second-order valence-electron chi connectivity index (χ2n) is 7.19. The first-order valence-corrected chi connectivity index (χ1v) is 9.63. The fourth-order valence-electron chi connectivity index (χ4n) is 3.47. The van der Waals surface area contributed by atoms with Crippen LogP contribution in [-0.4, -0.2) is 16.1 Å². The monoisotopic (exact) mass is 402 g/mol. The van der Waals surface area contributed by atoms with Crippen molar-refractivity contribution in [2.45, 2.75) is 26.5 Å². The zero-order chi connectivity index (χ0) is 21.1. The Morgan fingerprint density at radius 3 is 2.83 bits per heavy atom. The molecule has 2 heterocycles. The van der Waals surface area contributed by atoms with Gasteiger partial charge in [0, 0.05) is 29.3 Å². The molecule has 0 amide bonds. The highest BCUT2D eigenvalue weighted by Gasteiger charge is 2.13. The molecule has 152 valence electrons. The number of carbonyl (C=O) groups is 1. The molecule has 0 spiro atoms. The van der Waals surface area contributed by atoms with Crippen LogP contribution in [0.25, 0.3) is 22.1 Å². The number of ether oxygens (including phenoxy) is 1. The summed E-state index contributed by atoms with van der Waals surface area (Å²) < 4.78 is 11.8. The summed E-state index contributed by atoms with van der Waals surface area (Å²) in [6, 6.07) is 15.4. The first-order chi connectivity index (χ1) is 14.5. The average Bonchev–Trinajstić information content (AvgIpc) is 3.21. The van der Waals surface area contributed by atoms with Crippen LogP contribution in [0.1, 0.15) is 22.4 Å². The van der Waals surface area contributed by atoms with Crippen LogP contribution < -0.4 is 10.5 Å². The van der Waals surface area contributed by atoms with Crippen LogP contribution in [-0.2, 0) is 24.4 Å². The van der Waals surface area contributed by atoms with Crippen molar-refractivity contribution in [2.24, 2.45) is 5.73 Å². The number of aliphatic carboxylic acids is 1. The molecule has 0 aliphatic carbocycles. The molecule has 0 atom stereocenters. The van der Waals surface area contributed by atoms with Gasteiger partial charge in [0.2, 0.25) is 0 Å². The molecule has 0 aliphatic rings. The Bertz CT molecular complexity index is 1210. The number of hydrogen-bond acceptors (Lipinski definition) is 5. The zero-order valence-corrected chi connectivity index (χ0v) is 16.6. The smallest absolute Gasteiger partial charge is 0.307 e. The van der Waals surface area contributed by atoms with Crippen molar-refractivity contribution in [1.82, 2.24) is 4.98 Å². The van der Waals surface area contributed by atoms with Gasteiger partial charge in [0.1, 0.15) is 17.9 Å². The molecule has 0 saturated heterocycles. The second kappa shape index (κ2) is 8.39. The molecular weight excluding hydrogens is 380 g/mol. The number of nitrogens with zero attached hydrogens (tertiary/aromatic N) is 1. The van der Waals surface area contributed by atoms with Crippen LogP contribution >= 0.6 is 0 Å². The molecule has 3 N–H and O–H groups in total. The van der Waals surface area contributed by atoms with Crippen LogP contribution in [0.2, 0.25) is 0 Å². The van der Waals surface area contributed by atoms with Crippen molar-refractivity contribution >= 4 is 16.9 Å². The SMILES string of the molecule is Cc1ccc(CC(=O)O)c(OCc2cc(-c3ccnc(CN)c3)c3occc3c2)c1. The van der Waals surface area contributed by atoms with Crippen molar-refractivity contribution in [2.75, 3.05) is 0 Å². The van der Waals surface area contributed by atoms with Crippen LogP contribution in [0.15, 0.2) is 65.4 Å². The Balaban J connectivity index is 1.68. The van der Waals surface area contributed by atoms with Crippen LogP contribution in [0.3, 0.4) is 0 Å². The molecule has 2 aromatic carbocycles. The molecule has 0 unspecified atom stereocenters. The Hall–Kier alpha value is -3.64. The number of carboxylic acid groups (broad SMARTS) is 1. The summed E-state index contributed by atoms with van der Waals surface area (Å²) in [5.74, 6) is -0.306. The van der Waals surface area contributed by atoms with Crippen LogP contribution in [0, 0.1) is 6.92 Å². The molecular formula is C24H22N2O4. The van der Waals surface area contributed by atoms with Crippen molar-refractivity contribution in [3.63, 3.8) is 0 Å². The maximum Gasteiger partial charge on any atom is 0.307 e. The van der Waals surface area contributed by atoms with Gasteiger partial charge in [-0.25, -0.2) is 0 Å². The van der Waals surface area contributed by atoms with Crippen molar-refractivity contribution in [3.8, 4) is 16.9 Å². The van der Waals surface area contributed by atoms with Gasteiger partial charge < -0.3 is 20.0 Å². The highest BCUT2D eigenvalue weighted by Crippen LogP contribution is 2.32. The van der Waals surface area contributed by atoms with E-state index in [-0.39, 0.29) is 6.42 Å². The van der Waals surface area contributed by atoms with E-state index in [2.05, 4.69) is 4.98 Å². The van der Waals surface area contributed by atoms with Gasteiger partial charge in [-0.1, -0.05) is 12.1 Å². The quantitative estimate of drug-likeness (QED) is 0.473. The molecule has 4 rings (SSSR count). The Morgan fingerprint density at radius 1 is 1.17 bits per heavy atom. The topological polar surface area (TPSA) is 98.6 Å². The molecule has 0 bridgehead atoms. The summed E-state index contributed by atoms with van der Waals surface area (Å²) in [4.78, 5) is 15.4. The summed E-state index contributed by atoms with van der Waals surface area (Å²) in [7, 11) is 0. The van der Waals surface area contributed by atoms with Crippen molar-refractivity contribution in [1.29, 1.82) is 0 Å². The largest absolute Gasteiger partial charge is 0.489 e. The lowest BCUT2D eigenvalue weighted by atomic mass is 10.0. The number of aromatic nitrogens is 1. The van der Waals surface area contributed by atoms with E-state index in [9.17, 15) is 4.79 Å². The van der Waals surface area contributed by atoms with Gasteiger partial charge in [-0.05, 0) is 60.0 Å². The van der Waals surface area contributed by atoms with E-state index in [1.807, 2.05) is 49.4 Å². The third-order valence-corrected chi connectivity index (χ3v) is 4.91. The summed E-state index contributed by atoms with van der Waals surface area (Å²) in [6.45, 7) is 2.61. The van der Waals surface area contributed by atoms with E-state index in [0.717, 1.165) is 38.9 Å². The maximum absolute atomic E-state index is 11.2. The molecule has 4 aromatic rings. The van der Waals surface area contributed by atoms with Crippen molar-refractivity contribution in [3.05, 3.63) is 83.4 Å². The highest BCUT2D eigenvalue weighted by molar-refractivity contribution is 5.93. The van der Waals surface area contributed by atoms with E-state index in [4.69, 9.17) is 20.0 Å². The zero-order valence-electron chi connectivity index (χ0n) is 16.6. The molecule has 0 fully saturated rings. The molecule has 2 aromatic heterocycles. The Morgan fingerprint density at radius 2 is 2.03 bits per heavy atom. The predicted octanol–water partition coefficient (Wildman–Crippen LogP) is 4.47. The van der Waals surface area contributed by atoms with Gasteiger partial charge >= 0.3 is 5.97 Å². The average molecular weight is 402 g/mol. The summed E-state index contributed by atoms with van der Waals surface area (Å²) >= 11 is 0. The summed E-state index contributed by atoms with van der Waals surface area (Å²) in [5, 5.41) is 10.1. The first kappa shape index (κ1) is 19.7. The van der Waals surface area contributed by atoms with Crippen LogP contribution in [0.5, 0.6) is 5.75 Å². The lowest BCUT2D eigenvalue weighted by Gasteiger charge is -2.13. The van der Waals surface area contributed by atoms with E-state index >= 15 is 0 Å². The minimum atomic E-state index is -0.890. The minimum absolute atomic E-state index is 0.0828. The Labute approximate surface area is 173 Å². The molecule has 6 heteroatoms. The number of nitrogens with two attached hydrogens (primary N) is 1. The number of furan rings is 1. The summed E-state index contributed by atoms with van der Waals surface area (Å²) in [6.07, 6.45) is 3.32. The summed E-state index contributed by atoms with van der Waals surface area (Å²) in [5.41, 5.74) is 11.8. The predicted molar refractivity (Wildman–Crippen MR) is 114 cm³/mol. The van der Waals surface area contributed by atoms with Crippen molar-refractivity contribution < 1.29 is 19.1 Å². The van der Waals surface area contributed by atoms with E-state index in [1.54, 1.807) is 18.5 Å². The third kappa shape index (κ3) is 4.18. The number of pyridine rings is 1. The number of carboxylic acids is 1. The maximum atomic E-state index is 11.2. The first-order valence-electron chi connectivity index (χ1n) is 9.63. The lowest BCUT2D eigenvalue weighted by molar-refractivity contribution is -0.136. The molecule has 0 aliphatic heterocycles. The van der Waals surface area contributed by atoms with Gasteiger partial charge in [-0.2, -0.15) is 0 Å². The number of hydrogen-bond donors (Lipinski definition) is 2. The van der Waals surface area contributed by atoms with Gasteiger partial charge in [-0.15, -0.1) is 0 Å². The standard InChI is InChI=1S/C24H22N2O4/c1-15-2-3-18(12-23(27)28)22(8-15)30-14-16-9-19-5-7-29-24(19)21(10-16)17-4-6-26-20(11-17)13-25/h2-11H,12-14,25H2,1H3,(H,27,28). The number of aryl methyl sites for hydroxylation is 1. The minimum Gasteiger partial charge on any atom is -0.489 e. The van der Waals surface area contributed by atoms with Gasteiger partial charge in [-0.3, -0.25) is 9.78 Å². The fraction of sp³-hybridized carbons (Fsp3) is 0.167. The molecule has 0 radical (unpaired) electrons. The molecule has 30 heavy (non-hydrogen) atoms.